The van der Waals surface area contributed by atoms with Crippen LogP contribution in [0.3, 0.4) is 0 Å². The quantitative estimate of drug-likeness (QED) is 0.719. The number of thioether (sulfide) groups is 1. The summed E-state index contributed by atoms with van der Waals surface area (Å²) in [6.07, 6.45) is 0.992. The SMILES string of the molecule is Cc1cccc(NC(=O)CSCC(=O)N2CCN(Cc3ccc4c(c3)CCO4)CC2)c1. The summed E-state index contributed by atoms with van der Waals surface area (Å²) < 4.78 is 5.58. The lowest BCUT2D eigenvalue weighted by atomic mass is 10.1. The third-order valence-electron chi connectivity index (χ3n) is 5.65. The van der Waals surface area contributed by atoms with Crippen molar-refractivity contribution in [2.75, 3.05) is 49.6 Å². The smallest absolute Gasteiger partial charge is 0.234 e. The first kappa shape index (κ1) is 21.7. The molecule has 1 saturated heterocycles. The number of benzene rings is 2. The lowest BCUT2D eigenvalue weighted by Crippen LogP contribution is -2.48. The topological polar surface area (TPSA) is 61.9 Å². The number of hydrogen-bond donors (Lipinski definition) is 1. The molecule has 2 heterocycles. The fourth-order valence-electron chi connectivity index (χ4n) is 3.99. The van der Waals surface area contributed by atoms with Gasteiger partial charge in [-0.05, 0) is 41.8 Å². The predicted octanol–water partition coefficient (Wildman–Crippen LogP) is 2.95. The largest absolute Gasteiger partial charge is 0.493 e. The van der Waals surface area contributed by atoms with Crippen LogP contribution >= 0.6 is 11.8 Å². The normalized spacial score (nSPS) is 16.0. The molecule has 0 radical (unpaired) electrons. The van der Waals surface area contributed by atoms with Gasteiger partial charge in [0.15, 0.2) is 0 Å². The van der Waals surface area contributed by atoms with Gasteiger partial charge in [0.2, 0.25) is 11.8 Å². The van der Waals surface area contributed by atoms with Crippen LogP contribution in [0.2, 0.25) is 0 Å². The third-order valence-corrected chi connectivity index (χ3v) is 6.56. The molecule has 6 nitrogen and oxygen atoms in total. The van der Waals surface area contributed by atoms with Crippen molar-refractivity contribution in [1.29, 1.82) is 0 Å². The first-order valence-electron chi connectivity index (χ1n) is 10.8. The van der Waals surface area contributed by atoms with Crippen molar-refractivity contribution in [2.45, 2.75) is 19.9 Å². The minimum Gasteiger partial charge on any atom is -0.493 e. The van der Waals surface area contributed by atoms with Crippen LogP contribution in [-0.4, -0.2) is 65.9 Å². The molecule has 2 aromatic carbocycles. The number of carbonyl (C=O) groups excluding carboxylic acids is 2. The number of aryl methyl sites for hydroxylation is 1. The van der Waals surface area contributed by atoms with E-state index in [1.165, 1.54) is 22.9 Å². The zero-order valence-electron chi connectivity index (χ0n) is 17.9. The summed E-state index contributed by atoms with van der Waals surface area (Å²) in [5.41, 5.74) is 4.50. The number of nitrogens with one attached hydrogen (secondary N) is 1. The highest BCUT2D eigenvalue weighted by molar-refractivity contribution is 8.00. The number of hydrogen-bond acceptors (Lipinski definition) is 5. The molecule has 0 spiro atoms. The highest BCUT2D eigenvalue weighted by atomic mass is 32.2. The minimum atomic E-state index is -0.0760. The Balaban J connectivity index is 1.15. The van der Waals surface area contributed by atoms with Crippen molar-refractivity contribution in [3.63, 3.8) is 0 Å². The molecular weight excluding hydrogens is 410 g/mol. The van der Waals surface area contributed by atoms with Crippen molar-refractivity contribution in [1.82, 2.24) is 9.80 Å². The van der Waals surface area contributed by atoms with E-state index in [1.54, 1.807) is 0 Å². The lowest BCUT2D eigenvalue weighted by molar-refractivity contribution is -0.130. The zero-order chi connectivity index (χ0) is 21.6. The van der Waals surface area contributed by atoms with E-state index in [9.17, 15) is 9.59 Å². The maximum absolute atomic E-state index is 12.5. The number of rotatable bonds is 7. The van der Waals surface area contributed by atoms with Crippen molar-refractivity contribution in [2.24, 2.45) is 0 Å². The van der Waals surface area contributed by atoms with Gasteiger partial charge in [-0.25, -0.2) is 0 Å². The summed E-state index contributed by atoms with van der Waals surface area (Å²) in [6.45, 7) is 6.90. The number of anilines is 1. The molecule has 2 aromatic rings. The highest BCUT2D eigenvalue weighted by Crippen LogP contribution is 2.26. The molecule has 1 N–H and O–H groups in total. The number of piperazine rings is 1. The third kappa shape index (κ3) is 6.02. The van der Waals surface area contributed by atoms with Gasteiger partial charge in [0.1, 0.15) is 5.75 Å². The number of fused-ring (bicyclic) bond motifs is 1. The minimum absolute atomic E-state index is 0.0760. The molecular formula is C24H29N3O3S. The fraction of sp³-hybridized carbons (Fsp3) is 0.417. The second kappa shape index (κ2) is 10.2. The monoisotopic (exact) mass is 439 g/mol. The molecule has 4 rings (SSSR count). The van der Waals surface area contributed by atoms with Gasteiger partial charge in [-0.15, -0.1) is 11.8 Å². The van der Waals surface area contributed by atoms with E-state index in [4.69, 9.17) is 4.74 Å². The van der Waals surface area contributed by atoms with Crippen molar-refractivity contribution < 1.29 is 14.3 Å². The van der Waals surface area contributed by atoms with Gasteiger partial charge in [0, 0.05) is 44.8 Å². The van der Waals surface area contributed by atoms with Crippen LogP contribution in [0.4, 0.5) is 5.69 Å². The summed E-state index contributed by atoms with van der Waals surface area (Å²) in [7, 11) is 0. The summed E-state index contributed by atoms with van der Waals surface area (Å²) in [4.78, 5) is 28.9. The van der Waals surface area contributed by atoms with Gasteiger partial charge in [0.25, 0.3) is 0 Å². The van der Waals surface area contributed by atoms with Crippen LogP contribution in [-0.2, 0) is 22.6 Å². The molecule has 0 aliphatic carbocycles. The second-order valence-corrected chi connectivity index (χ2v) is 9.09. The van der Waals surface area contributed by atoms with E-state index in [-0.39, 0.29) is 17.6 Å². The average Bonchev–Trinajstić information content (AvgIpc) is 3.22. The molecule has 0 atom stereocenters. The second-order valence-electron chi connectivity index (χ2n) is 8.11. The average molecular weight is 440 g/mol. The molecule has 0 bridgehead atoms. The van der Waals surface area contributed by atoms with Crippen molar-refractivity contribution in [3.05, 3.63) is 59.2 Å². The van der Waals surface area contributed by atoms with Gasteiger partial charge in [-0.2, -0.15) is 0 Å². The van der Waals surface area contributed by atoms with Crippen LogP contribution in [0.1, 0.15) is 16.7 Å². The Morgan fingerprint density at radius 3 is 2.71 bits per heavy atom. The first-order valence-corrected chi connectivity index (χ1v) is 11.9. The van der Waals surface area contributed by atoms with Crippen LogP contribution in [0, 0.1) is 6.92 Å². The standard InChI is InChI=1S/C24H29N3O3S/c1-18-3-2-4-21(13-18)25-23(28)16-31-17-24(29)27-10-8-26(9-11-27)15-19-5-6-22-20(14-19)7-12-30-22/h2-6,13-14H,7-12,15-17H2,1H3,(H,25,28). The maximum Gasteiger partial charge on any atom is 0.234 e. The Kier molecular flexibility index (Phi) is 7.14. The van der Waals surface area contributed by atoms with Crippen LogP contribution < -0.4 is 10.1 Å². The highest BCUT2D eigenvalue weighted by Gasteiger charge is 2.22. The Hall–Kier alpha value is -2.51. The molecule has 2 amide bonds. The van der Waals surface area contributed by atoms with Gasteiger partial charge >= 0.3 is 0 Å². The molecule has 0 aromatic heterocycles. The van der Waals surface area contributed by atoms with E-state index in [0.717, 1.165) is 62.8 Å². The lowest BCUT2D eigenvalue weighted by Gasteiger charge is -2.34. The number of amides is 2. The summed E-state index contributed by atoms with van der Waals surface area (Å²) in [5.74, 6) is 1.67. The zero-order valence-corrected chi connectivity index (χ0v) is 18.7. The van der Waals surface area contributed by atoms with E-state index >= 15 is 0 Å². The van der Waals surface area contributed by atoms with E-state index < -0.39 is 0 Å². The Labute approximate surface area is 187 Å². The molecule has 2 aliphatic rings. The van der Waals surface area contributed by atoms with Gasteiger partial charge in [-0.3, -0.25) is 14.5 Å². The van der Waals surface area contributed by atoms with Crippen molar-refractivity contribution in [3.8, 4) is 5.75 Å². The van der Waals surface area contributed by atoms with Gasteiger partial charge < -0.3 is 15.0 Å². The Morgan fingerprint density at radius 1 is 1.06 bits per heavy atom. The van der Waals surface area contributed by atoms with Crippen LogP contribution in [0.5, 0.6) is 5.75 Å². The predicted molar refractivity (Wildman–Crippen MR) is 125 cm³/mol. The molecule has 7 heteroatoms. The summed E-state index contributed by atoms with van der Waals surface area (Å²) in [6, 6.07) is 14.2. The number of nitrogens with zero attached hydrogens (tertiary/aromatic N) is 2. The fourth-order valence-corrected chi connectivity index (χ4v) is 4.71. The number of carbonyl (C=O) groups is 2. The Bertz CT molecular complexity index is 941. The summed E-state index contributed by atoms with van der Waals surface area (Å²) >= 11 is 1.37. The molecule has 1 fully saturated rings. The molecule has 164 valence electrons. The van der Waals surface area contributed by atoms with Gasteiger partial charge in [0.05, 0.1) is 18.1 Å². The molecule has 2 aliphatic heterocycles. The van der Waals surface area contributed by atoms with Crippen molar-refractivity contribution >= 4 is 29.3 Å². The number of ether oxygens (including phenoxy) is 1. The Morgan fingerprint density at radius 2 is 1.90 bits per heavy atom. The van der Waals surface area contributed by atoms with Gasteiger partial charge in [-0.1, -0.05) is 24.3 Å². The maximum atomic E-state index is 12.5. The van der Waals surface area contributed by atoms with E-state index in [1.807, 2.05) is 36.1 Å². The molecule has 0 saturated carbocycles. The first-order chi connectivity index (χ1) is 15.1. The molecule has 31 heavy (non-hydrogen) atoms. The molecule has 0 unspecified atom stereocenters. The summed E-state index contributed by atoms with van der Waals surface area (Å²) in [5, 5.41) is 2.88. The van der Waals surface area contributed by atoms with Crippen LogP contribution in [0.25, 0.3) is 0 Å². The van der Waals surface area contributed by atoms with E-state index in [0.29, 0.717) is 5.75 Å². The van der Waals surface area contributed by atoms with E-state index in [2.05, 4.69) is 28.4 Å². The van der Waals surface area contributed by atoms with Crippen LogP contribution in [0.15, 0.2) is 42.5 Å².